The lowest BCUT2D eigenvalue weighted by Gasteiger charge is -2.28. The van der Waals surface area contributed by atoms with Gasteiger partial charge in [0.05, 0.1) is 0 Å². The molecule has 0 heterocycles. The summed E-state index contributed by atoms with van der Waals surface area (Å²) in [7, 11) is 0. The van der Waals surface area contributed by atoms with Crippen LogP contribution in [0.15, 0.2) is 0 Å². The van der Waals surface area contributed by atoms with Crippen molar-refractivity contribution in [2.75, 3.05) is 5.88 Å². The molecule has 0 spiro atoms. The number of carbonyl (C=O) groups is 1. The number of esters is 1. The number of carbonyl (C=O) groups excluding carboxylic acids is 1. The maximum absolute atomic E-state index is 11.1. The van der Waals surface area contributed by atoms with Gasteiger partial charge in [-0.2, -0.15) is 0 Å². The molecular weight excluding hydrogens is 200 g/mol. The van der Waals surface area contributed by atoms with Crippen LogP contribution in [0.2, 0.25) is 0 Å². The van der Waals surface area contributed by atoms with Gasteiger partial charge in [0.2, 0.25) is 0 Å². The highest BCUT2D eigenvalue weighted by atomic mass is 35.5. The molecule has 2 fully saturated rings. The van der Waals surface area contributed by atoms with Gasteiger partial charge in [-0.15, -0.1) is 11.6 Å². The number of rotatable bonds is 3. The molecule has 0 aromatic carbocycles. The highest BCUT2D eigenvalue weighted by Crippen LogP contribution is 2.50. The minimum Gasteiger partial charge on any atom is -0.461 e. The van der Waals surface area contributed by atoms with Crippen molar-refractivity contribution >= 4 is 17.6 Å². The van der Waals surface area contributed by atoms with Crippen LogP contribution in [-0.2, 0) is 9.53 Å². The predicted octanol–water partition coefficient (Wildman–Crippen LogP) is 2.59. The second kappa shape index (κ2) is 4.09. The van der Waals surface area contributed by atoms with Gasteiger partial charge in [-0.05, 0) is 37.0 Å². The van der Waals surface area contributed by atoms with Crippen LogP contribution in [0.3, 0.4) is 0 Å². The quantitative estimate of drug-likeness (QED) is 0.536. The van der Waals surface area contributed by atoms with E-state index in [1.54, 1.807) is 0 Å². The average Bonchev–Trinajstić information content (AvgIpc) is 2.75. The first-order chi connectivity index (χ1) is 6.74. The van der Waals surface area contributed by atoms with Crippen LogP contribution in [0.5, 0.6) is 0 Å². The number of hydrogen-bond donors (Lipinski definition) is 0. The summed E-state index contributed by atoms with van der Waals surface area (Å²) in [6.45, 7) is 2.23. The summed E-state index contributed by atoms with van der Waals surface area (Å²) in [6, 6.07) is 0. The lowest BCUT2D eigenvalue weighted by molar-refractivity contribution is -0.149. The largest absolute Gasteiger partial charge is 0.461 e. The molecule has 0 N–H and O–H groups in total. The van der Waals surface area contributed by atoms with E-state index < -0.39 is 0 Å². The molecule has 2 bridgehead atoms. The van der Waals surface area contributed by atoms with Gasteiger partial charge >= 0.3 is 5.97 Å². The van der Waals surface area contributed by atoms with Crippen molar-refractivity contribution in [3.63, 3.8) is 0 Å². The van der Waals surface area contributed by atoms with Crippen LogP contribution in [0.25, 0.3) is 0 Å². The molecule has 80 valence electrons. The fourth-order valence-corrected chi connectivity index (χ4v) is 3.30. The molecule has 2 rings (SSSR count). The molecule has 0 unspecified atom stereocenters. The normalized spacial score (nSPS) is 40.1. The third kappa shape index (κ3) is 1.77. The Bertz CT molecular complexity index is 229. The minimum atomic E-state index is -0.251. The Kier molecular flexibility index (Phi) is 3.01. The van der Waals surface area contributed by atoms with Gasteiger partial charge in [-0.1, -0.05) is 13.3 Å². The third-order valence-corrected chi connectivity index (χ3v) is 4.02. The molecule has 2 nitrogen and oxygen atoms in total. The summed E-state index contributed by atoms with van der Waals surface area (Å²) in [5.74, 6) is 1.95. The van der Waals surface area contributed by atoms with E-state index in [0.717, 1.165) is 18.3 Å². The summed E-state index contributed by atoms with van der Waals surface area (Å²) in [4.78, 5) is 11.1. The number of alkyl halides is 1. The minimum absolute atomic E-state index is 0.00925. The summed E-state index contributed by atoms with van der Waals surface area (Å²) >= 11 is 5.43. The first kappa shape index (κ1) is 10.3. The SMILES string of the molecule is CC[C@H]1C[C@H]2C[C@@H]1[C@H](OC(=O)CCl)C2. The molecule has 0 aromatic rings. The van der Waals surface area contributed by atoms with Gasteiger partial charge in [-0.25, -0.2) is 0 Å². The Morgan fingerprint density at radius 3 is 2.79 bits per heavy atom. The van der Waals surface area contributed by atoms with Crippen LogP contribution in [-0.4, -0.2) is 18.0 Å². The second-order valence-electron chi connectivity index (χ2n) is 4.57. The van der Waals surface area contributed by atoms with E-state index in [1.165, 1.54) is 19.3 Å². The third-order valence-electron chi connectivity index (χ3n) is 3.81. The van der Waals surface area contributed by atoms with Gasteiger partial charge in [0.25, 0.3) is 0 Å². The van der Waals surface area contributed by atoms with Crippen molar-refractivity contribution in [1.29, 1.82) is 0 Å². The summed E-state index contributed by atoms with van der Waals surface area (Å²) in [5, 5.41) is 0. The van der Waals surface area contributed by atoms with E-state index in [9.17, 15) is 4.79 Å². The number of ether oxygens (including phenoxy) is 1. The summed E-state index contributed by atoms with van der Waals surface area (Å²) in [6.07, 6.45) is 5.07. The van der Waals surface area contributed by atoms with Crippen LogP contribution >= 0.6 is 11.6 Å². The van der Waals surface area contributed by atoms with E-state index in [2.05, 4.69) is 6.92 Å². The number of hydrogen-bond acceptors (Lipinski definition) is 2. The highest BCUT2D eigenvalue weighted by molar-refractivity contribution is 6.26. The van der Waals surface area contributed by atoms with Crippen LogP contribution < -0.4 is 0 Å². The molecule has 2 aliphatic carbocycles. The molecular formula is C11H17ClO2. The zero-order valence-electron chi connectivity index (χ0n) is 8.54. The van der Waals surface area contributed by atoms with E-state index in [0.29, 0.717) is 5.92 Å². The van der Waals surface area contributed by atoms with Gasteiger partial charge in [-0.3, -0.25) is 4.79 Å². The van der Waals surface area contributed by atoms with Gasteiger partial charge in [0, 0.05) is 0 Å². The smallest absolute Gasteiger partial charge is 0.321 e. The molecule has 3 heteroatoms. The monoisotopic (exact) mass is 216 g/mol. The Morgan fingerprint density at radius 2 is 2.21 bits per heavy atom. The van der Waals surface area contributed by atoms with Crippen molar-refractivity contribution in [2.45, 2.75) is 38.7 Å². The van der Waals surface area contributed by atoms with E-state index in [4.69, 9.17) is 16.3 Å². The van der Waals surface area contributed by atoms with E-state index >= 15 is 0 Å². The molecule has 2 aliphatic rings. The van der Waals surface area contributed by atoms with Crippen molar-refractivity contribution in [2.24, 2.45) is 17.8 Å². The van der Waals surface area contributed by atoms with Gasteiger partial charge in [0.1, 0.15) is 12.0 Å². The number of fused-ring (bicyclic) bond motifs is 2. The van der Waals surface area contributed by atoms with Gasteiger partial charge in [0.15, 0.2) is 0 Å². The predicted molar refractivity (Wildman–Crippen MR) is 55.2 cm³/mol. The summed E-state index contributed by atoms with van der Waals surface area (Å²) < 4.78 is 5.36. The molecule has 14 heavy (non-hydrogen) atoms. The molecule has 0 saturated heterocycles. The highest BCUT2D eigenvalue weighted by Gasteiger charge is 2.46. The Morgan fingerprint density at radius 1 is 1.43 bits per heavy atom. The topological polar surface area (TPSA) is 26.3 Å². The Hall–Kier alpha value is -0.240. The average molecular weight is 217 g/mol. The lowest BCUT2D eigenvalue weighted by atomic mass is 9.85. The van der Waals surface area contributed by atoms with Crippen LogP contribution in [0.1, 0.15) is 32.6 Å². The first-order valence-corrected chi connectivity index (χ1v) is 6.03. The Balaban J connectivity index is 1.93. The van der Waals surface area contributed by atoms with Crippen molar-refractivity contribution in [3.05, 3.63) is 0 Å². The van der Waals surface area contributed by atoms with Crippen molar-refractivity contribution in [3.8, 4) is 0 Å². The standard InChI is InChI=1S/C11H17ClO2/c1-2-8-3-7-4-9(8)10(5-7)14-11(13)6-12/h7-10H,2-6H2,1H3/t7-,8-,9-,10+/m0/s1. The van der Waals surface area contributed by atoms with Gasteiger partial charge < -0.3 is 4.74 Å². The Labute approximate surface area is 90.0 Å². The molecule has 2 saturated carbocycles. The van der Waals surface area contributed by atoms with E-state index in [-0.39, 0.29) is 18.0 Å². The molecule has 0 radical (unpaired) electrons. The van der Waals surface area contributed by atoms with Crippen LogP contribution in [0.4, 0.5) is 0 Å². The lowest BCUT2D eigenvalue weighted by Crippen LogP contribution is -2.29. The molecule has 0 amide bonds. The molecule has 0 aliphatic heterocycles. The maximum atomic E-state index is 11.1. The second-order valence-corrected chi connectivity index (χ2v) is 4.83. The van der Waals surface area contributed by atoms with E-state index in [1.807, 2.05) is 0 Å². The number of halogens is 1. The summed E-state index contributed by atoms with van der Waals surface area (Å²) in [5.41, 5.74) is 0. The van der Waals surface area contributed by atoms with Crippen molar-refractivity contribution in [1.82, 2.24) is 0 Å². The maximum Gasteiger partial charge on any atom is 0.321 e. The van der Waals surface area contributed by atoms with Crippen LogP contribution in [0, 0.1) is 17.8 Å². The first-order valence-electron chi connectivity index (χ1n) is 5.50. The molecule has 0 aromatic heterocycles. The van der Waals surface area contributed by atoms with Crippen molar-refractivity contribution < 1.29 is 9.53 Å². The fraction of sp³-hybridized carbons (Fsp3) is 0.909. The zero-order chi connectivity index (χ0) is 10.1. The zero-order valence-corrected chi connectivity index (χ0v) is 9.30. The molecule has 4 atom stereocenters. The fourth-order valence-electron chi connectivity index (χ4n) is 3.23.